The number of aromatic amines is 1. The van der Waals surface area contributed by atoms with Crippen LogP contribution in [0.25, 0.3) is 0 Å². The van der Waals surface area contributed by atoms with Crippen molar-refractivity contribution in [1.29, 1.82) is 0 Å². The standard InChI is InChI=1S/C12H19N5/c1-3-4-5-13-12-16-10(2)8-17(12)9-11-6-14-15-7-11/h6-8H,3-5,9H2,1-2H3,(H,13,16)(H,14,15). The molecule has 5 nitrogen and oxygen atoms in total. The zero-order valence-electron chi connectivity index (χ0n) is 10.4. The molecule has 2 rings (SSSR count). The van der Waals surface area contributed by atoms with Crippen molar-refractivity contribution in [2.45, 2.75) is 33.2 Å². The van der Waals surface area contributed by atoms with Gasteiger partial charge in [-0.3, -0.25) is 5.10 Å². The first-order valence-electron chi connectivity index (χ1n) is 6.05. The van der Waals surface area contributed by atoms with Crippen molar-refractivity contribution in [3.05, 3.63) is 29.8 Å². The average Bonchev–Trinajstić information content (AvgIpc) is 2.90. The fraction of sp³-hybridized carbons (Fsp3) is 0.500. The van der Waals surface area contributed by atoms with Crippen molar-refractivity contribution in [2.75, 3.05) is 11.9 Å². The summed E-state index contributed by atoms with van der Waals surface area (Å²) in [6.45, 7) is 5.96. The van der Waals surface area contributed by atoms with Crippen molar-refractivity contribution in [2.24, 2.45) is 0 Å². The van der Waals surface area contributed by atoms with E-state index in [4.69, 9.17) is 0 Å². The van der Waals surface area contributed by atoms with E-state index >= 15 is 0 Å². The number of imidazole rings is 1. The normalized spacial score (nSPS) is 10.7. The maximum Gasteiger partial charge on any atom is 0.203 e. The first kappa shape index (κ1) is 11.7. The van der Waals surface area contributed by atoms with Gasteiger partial charge in [-0.25, -0.2) is 4.98 Å². The number of aromatic nitrogens is 4. The third-order valence-electron chi connectivity index (χ3n) is 2.62. The quantitative estimate of drug-likeness (QED) is 0.752. The summed E-state index contributed by atoms with van der Waals surface area (Å²) in [5, 5.41) is 10.1. The molecule has 0 spiro atoms. The van der Waals surface area contributed by atoms with Gasteiger partial charge in [0, 0.05) is 24.5 Å². The van der Waals surface area contributed by atoms with Gasteiger partial charge in [-0.1, -0.05) is 13.3 Å². The number of nitrogens with one attached hydrogen (secondary N) is 2. The lowest BCUT2D eigenvalue weighted by Crippen LogP contribution is -2.08. The van der Waals surface area contributed by atoms with Crippen LogP contribution in [-0.2, 0) is 6.54 Å². The fourth-order valence-corrected chi connectivity index (χ4v) is 1.75. The Kier molecular flexibility index (Phi) is 3.80. The summed E-state index contributed by atoms with van der Waals surface area (Å²) in [7, 11) is 0. The highest BCUT2D eigenvalue weighted by Crippen LogP contribution is 2.11. The minimum Gasteiger partial charge on any atom is -0.356 e. The van der Waals surface area contributed by atoms with Crippen LogP contribution in [-0.4, -0.2) is 26.3 Å². The van der Waals surface area contributed by atoms with E-state index in [-0.39, 0.29) is 0 Å². The van der Waals surface area contributed by atoms with Gasteiger partial charge in [0.2, 0.25) is 5.95 Å². The van der Waals surface area contributed by atoms with E-state index in [0.29, 0.717) is 0 Å². The zero-order valence-corrected chi connectivity index (χ0v) is 10.4. The minimum absolute atomic E-state index is 0.797. The summed E-state index contributed by atoms with van der Waals surface area (Å²) >= 11 is 0. The number of hydrogen-bond donors (Lipinski definition) is 2. The smallest absolute Gasteiger partial charge is 0.203 e. The highest BCUT2D eigenvalue weighted by Gasteiger charge is 2.05. The lowest BCUT2D eigenvalue weighted by molar-refractivity contribution is 0.775. The monoisotopic (exact) mass is 233 g/mol. The van der Waals surface area contributed by atoms with Gasteiger partial charge in [0.25, 0.3) is 0 Å². The zero-order chi connectivity index (χ0) is 12.1. The lowest BCUT2D eigenvalue weighted by Gasteiger charge is -2.07. The number of nitrogens with zero attached hydrogens (tertiary/aromatic N) is 3. The Bertz CT molecular complexity index is 443. The maximum atomic E-state index is 4.48. The molecule has 0 fully saturated rings. The molecule has 0 aliphatic carbocycles. The maximum absolute atomic E-state index is 4.48. The second-order valence-electron chi connectivity index (χ2n) is 4.22. The summed E-state index contributed by atoms with van der Waals surface area (Å²) < 4.78 is 2.12. The topological polar surface area (TPSA) is 58.5 Å². The predicted octanol–water partition coefficient (Wildman–Crippen LogP) is 2.17. The second-order valence-corrected chi connectivity index (χ2v) is 4.22. The predicted molar refractivity (Wildman–Crippen MR) is 68.1 cm³/mol. The molecule has 17 heavy (non-hydrogen) atoms. The van der Waals surface area contributed by atoms with Crippen molar-refractivity contribution in [3.63, 3.8) is 0 Å². The van der Waals surface area contributed by atoms with Gasteiger partial charge >= 0.3 is 0 Å². The van der Waals surface area contributed by atoms with Crippen LogP contribution in [0.3, 0.4) is 0 Å². The number of H-pyrrole nitrogens is 1. The van der Waals surface area contributed by atoms with Crippen LogP contribution < -0.4 is 5.32 Å². The van der Waals surface area contributed by atoms with Gasteiger partial charge in [0.05, 0.1) is 18.4 Å². The number of unbranched alkanes of at least 4 members (excludes halogenated alkanes) is 1. The van der Waals surface area contributed by atoms with Crippen molar-refractivity contribution < 1.29 is 0 Å². The Balaban J connectivity index is 2.05. The molecule has 0 amide bonds. The van der Waals surface area contributed by atoms with Gasteiger partial charge in [-0.15, -0.1) is 0 Å². The van der Waals surface area contributed by atoms with E-state index in [2.05, 4.69) is 38.2 Å². The molecule has 92 valence electrons. The third-order valence-corrected chi connectivity index (χ3v) is 2.62. The Hall–Kier alpha value is -1.78. The molecule has 5 heteroatoms. The summed E-state index contributed by atoms with van der Waals surface area (Å²) in [4.78, 5) is 4.48. The van der Waals surface area contributed by atoms with E-state index < -0.39 is 0 Å². The largest absolute Gasteiger partial charge is 0.356 e. The summed E-state index contributed by atoms with van der Waals surface area (Å²) in [5.74, 6) is 0.942. The van der Waals surface area contributed by atoms with Crippen molar-refractivity contribution >= 4 is 5.95 Å². The van der Waals surface area contributed by atoms with E-state index in [9.17, 15) is 0 Å². The molecule has 0 atom stereocenters. The molecule has 2 N–H and O–H groups in total. The SMILES string of the molecule is CCCCNc1nc(C)cn1Cc1cn[nH]c1. The molecule has 0 unspecified atom stereocenters. The molecule has 0 aliphatic heterocycles. The molecule has 0 saturated carbocycles. The highest BCUT2D eigenvalue weighted by atomic mass is 15.2. The van der Waals surface area contributed by atoms with E-state index in [1.165, 1.54) is 6.42 Å². The number of aryl methyl sites for hydroxylation is 1. The summed E-state index contributed by atoms with van der Waals surface area (Å²) in [5.41, 5.74) is 2.19. The number of hydrogen-bond acceptors (Lipinski definition) is 3. The molecular formula is C12H19N5. The van der Waals surface area contributed by atoms with Crippen molar-refractivity contribution in [3.8, 4) is 0 Å². The van der Waals surface area contributed by atoms with Crippen LogP contribution >= 0.6 is 0 Å². The first-order chi connectivity index (χ1) is 8.29. The lowest BCUT2D eigenvalue weighted by atomic mass is 10.3. The highest BCUT2D eigenvalue weighted by molar-refractivity contribution is 5.29. The number of rotatable bonds is 6. The number of anilines is 1. The minimum atomic E-state index is 0.797. The van der Waals surface area contributed by atoms with Crippen LogP contribution in [0.4, 0.5) is 5.95 Å². The Morgan fingerprint density at radius 2 is 2.35 bits per heavy atom. The molecule has 0 aliphatic rings. The van der Waals surface area contributed by atoms with Crippen molar-refractivity contribution in [1.82, 2.24) is 19.7 Å². The molecule has 0 aromatic carbocycles. The van der Waals surface area contributed by atoms with Crippen LogP contribution in [0.2, 0.25) is 0 Å². The molecule has 0 bridgehead atoms. The van der Waals surface area contributed by atoms with Gasteiger partial charge in [0.15, 0.2) is 0 Å². The molecule has 0 radical (unpaired) electrons. The van der Waals surface area contributed by atoms with E-state index in [0.717, 1.165) is 36.7 Å². The first-order valence-corrected chi connectivity index (χ1v) is 6.05. The average molecular weight is 233 g/mol. The summed E-state index contributed by atoms with van der Waals surface area (Å²) in [6, 6.07) is 0. The van der Waals surface area contributed by atoms with Gasteiger partial charge < -0.3 is 9.88 Å². The van der Waals surface area contributed by atoms with Crippen LogP contribution in [0.15, 0.2) is 18.6 Å². The van der Waals surface area contributed by atoms with Gasteiger partial charge in [-0.2, -0.15) is 5.10 Å². The molecule has 0 saturated heterocycles. The Labute approximate surface area is 101 Å². The molecule has 2 aromatic heterocycles. The fourth-order valence-electron chi connectivity index (χ4n) is 1.75. The van der Waals surface area contributed by atoms with Crippen LogP contribution in [0.1, 0.15) is 31.0 Å². The van der Waals surface area contributed by atoms with E-state index in [1.54, 1.807) is 0 Å². The third kappa shape index (κ3) is 3.09. The molecule has 2 aromatic rings. The second kappa shape index (κ2) is 5.52. The van der Waals surface area contributed by atoms with Crippen LogP contribution in [0, 0.1) is 6.92 Å². The van der Waals surface area contributed by atoms with Gasteiger partial charge in [0.1, 0.15) is 0 Å². The van der Waals surface area contributed by atoms with Gasteiger partial charge in [-0.05, 0) is 13.3 Å². The Morgan fingerprint density at radius 3 is 3.06 bits per heavy atom. The Morgan fingerprint density at radius 1 is 1.47 bits per heavy atom. The van der Waals surface area contributed by atoms with E-state index in [1.807, 2.05) is 19.3 Å². The molecule has 2 heterocycles. The summed E-state index contributed by atoms with van der Waals surface area (Å²) in [6.07, 6.45) is 8.16. The molecular weight excluding hydrogens is 214 g/mol. The van der Waals surface area contributed by atoms with Crippen LogP contribution in [0.5, 0.6) is 0 Å².